The van der Waals surface area contributed by atoms with E-state index in [2.05, 4.69) is 98.6 Å². The summed E-state index contributed by atoms with van der Waals surface area (Å²) in [5.41, 5.74) is 5.37. The van der Waals surface area contributed by atoms with Crippen LogP contribution in [-0.4, -0.2) is 11.9 Å². The van der Waals surface area contributed by atoms with E-state index in [1.165, 1.54) is 11.1 Å². The number of hydrogen-bond acceptors (Lipinski definition) is 2. The molecule has 0 fully saturated rings. The minimum atomic E-state index is 0. The fraction of sp³-hybridized carbons (Fsp3) is 0.308. The predicted octanol–water partition coefficient (Wildman–Crippen LogP) is 8.20. The average Bonchev–Trinajstić information content (AvgIpc) is 2.74. The predicted molar refractivity (Wildman–Crippen MR) is 126 cm³/mol. The second-order valence-electron chi connectivity index (χ2n) is 6.77. The van der Waals surface area contributed by atoms with Gasteiger partial charge in [0.05, 0.1) is 17.1 Å². The Hall–Kier alpha value is -2.08. The van der Waals surface area contributed by atoms with E-state index in [9.17, 15) is 0 Å². The molecule has 0 radical (unpaired) electrons. The molecule has 3 heteroatoms. The van der Waals surface area contributed by atoms with Crippen LogP contribution in [0.1, 0.15) is 64.0 Å². The van der Waals surface area contributed by atoms with Crippen molar-refractivity contribution < 1.29 is 20.4 Å². The molecular weight excluding hydrogens is 447 g/mol. The van der Waals surface area contributed by atoms with Crippen molar-refractivity contribution in [1.82, 2.24) is 0 Å². The molecule has 0 spiro atoms. The molecule has 0 saturated carbocycles. The normalized spacial score (nSPS) is 12.2. The van der Waals surface area contributed by atoms with Crippen molar-refractivity contribution in [3.63, 3.8) is 0 Å². The first-order valence-electron chi connectivity index (χ1n) is 10.4. The molecule has 0 aromatic heterocycles. The third-order valence-corrected chi connectivity index (χ3v) is 4.30. The van der Waals surface area contributed by atoms with Crippen molar-refractivity contribution in [3.05, 3.63) is 71.8 Å². The standard InChI is InChI=1S/C26H32N2.Pd/c1-4-7-10-22-13-17-24(18-14-22)27-21-26(12-9-6-3)28-25-19-15-23(16-20-25)11-8-5-2;/h7-8,10-11,13-21H,4-6,9,12H2,1-3H3;/b10-7+,11-8+,27-21+,28-26+;. The van der Waals surface area contributed by atoms with E-state index in [0.29, 0.717) is 0 Å². The molecule has 0 saturated heterocycles. The topological polar surface area (TPSA) is 24.7 Å². The molecule has 2 aromatic rings. The van der Waals surface area contributed by atoms with Crippen LogP contribution < -0.4 is 0 Å². The van der Waals surface area contributed by atoms with Gasteiger partial charge in [-0.25, -0.2) is 0 Å². The van der Waals surface area contributed by atoms with Gasteiger partial charge in [-0.15, -0.1) is 0 Å². The fourth-order valence-electron chi connectivity index (χ4n) is 2.66. The molecule has 2 rings (SSSR count). The Balaban J connectivity index is 0.00000420. The molecule has 156 valence electrons. The molecular formula is C26H32N2Pd. The Morgan fingerprint density at radius 2 is 1.28 bits per heavy atom. The van der Waals surface area contributed by atoms with Gasteiger partial charge in [-0.05, 0) is 61.1 Å². The van der Waals surface area contributed by atoms with Gasteiger partial charge in [0.15, 0.2) is 0 Å². The quantitative estimate of drug-likeness (QED) is 0.243. The van der Waals surface area contributed by atoms with Crippen LogP contribution in [0.2, 0.25) is 0 Å². The maximum Gasteiger partial charge on any atom is 0.0634 e. The summed E-state index contributed by atoms with van der Waals surface area (Å²) in [7, 11) is 0. The van der Waals surface area contributed by atoms with Gasteiger partial charge in [-0.1, -0.05) is 75.8 Å². The Morgan fingerprint density at radius 1 is 0.759 bits per heavy atom. The molecule has 0 aliphatic heterocycles. The van der Waals surface area contributed by atoms with Crippen LogP contribution >= 0.6 is 0 Å². The molecule has 2 aromatic carbocycles. The van der Waals surface area contributed by atoms with Gasteiger partial charge >= 0.3 is 0 Å². The van der Waals surface area contributed by atoms with E-state index in [1.807, 2.05) is 6.21 Å². The average molecular weight is 479 g/mol. The van der Waals surface area contributed by atoms with E-state index < -0.39 is 0 Å². The van der Waals surface area contributed by atoms with Crippen LogP contribution in [0.25, 0.3) is 12.2 Å². The van der Waals surface area contributed by atoms with Crippen LogP contribution in [-0.2, 0) is 20.4 Å². The zero-order chi connectivity index (χ0) is 20.0. The van der Waals surface area contributed by atoms with Crippen LogP contribution in [0, 0.1) is 0 Å². The minimum Gasteiger partial charge on any atom is -0.255 e. The number of rotatable bonds is 10. The first kappa shape index (κ1) is 25.0. The van der Waals surface area contributed by atoms with Gasteiger partial charge in [0.25, 0.3) is 0 Å². The van der Waals surface area contributed by atoms with Crippen LogP contribution in [0.4, 0.5) is 11.4 Å². The Bertz CT molecular complexity index is 813. The van der Waals surface area contributed by atoms with E-state index in [-0.39, 0.29) is 20.4 Å². The van der Waals surface area contributed by atoms with Gasteiger partial charge in [-0.2, -0.15) is 0 Å². The van der Waals surface area contributed by atoms with Crippen LogP contribution in [0.15, 0.2) is 70.7 Å². The van der Waals surface area contributed by atoms with E-state index >= 15 is 0 Å². The summed E-state index contributed by atoms with van der Waals surface area (Å²) in [4.78, 5) is 9.47. The number of unbranched alkanes of at least 4 members (excludes halogenated alkanes) is 1. The molecule has 0 bridgehead atoms. The molecule has 0 aliphatic carbocycles. The van der Waals surface area contributed by atoms with E-state index in [1.54, 1.807) is 0 Å². The Kier molecular flexibility index (Phi) is 12.8. The number of benzene rings is 2. The molecule has 0 N–H and O–H groups in total. The first-order chi connectivity index (χ1) is 13.7. The van der Waals surface area contributed by atoms with Gasteiger partial charge in [-0.3, -0.25) is 9.98 Å². The maximum atomic E-state index is 4.82. The monoisotopic (exact) mass is 478 g/mol. The second-order valence-corrected chi connectivity index (χ2v) is 6.77. The number of hydrogen-bond donors (Lipinski definition) is 0. The molecule has 0 amide bonds. The fourth-order valence-corrected chi connectivity index (χ4v) is 2.66. The summed E-state index contributed by atoms with van der Waals surface area (Å²) in [6, 6.07) is 16.7. The van der Waals surface area contributed by atoms with Crippen molar-refractivity contribution in [2.75, 3.05) is 0 Å². The number of aliphatic imine (C=N–C) groups is 2. The molecule has 29 heavy (non-hydrogen) atoms. The zero-order valence-electron chi connectivity index (χ0n) is 17.8. The van der Waals surface area contributed by atoms with Crippen molar-refractivity contribution in [3.8, 4) is 0 Å². The van der Waals surface area contributed by atoms with Gasteiger partial charge in [0.1, 0.15) is 0 Å². The Morgan fingerprint density at radius 3 is 1.76 bits per heavy atom. The summed E-state index contributed by atoms with van der Waals surface area (Å²) in [6.07, 6.45) is 15.8. The molecule has 0 atom stereocenters. The molecule has 0 aliphatic rings. The summed E-state index contributed by atoms with van der Waals surface area (Å²) < 4.78 is 0. The van der Waals surface area contributed by atoms with E-state index in [4.69, 9.17) is 4.99 Å². The Labute approximate surface area is 190 Å². The number of allylic oxidation sites excluding steroid dienone is 2. The third kappa shape index (κ3) is 9.79. The van der Waals surface area contributed by atoms with Gasteiger partial charge < -0.3 is 0 Å². The van der Waals surface area contributed by atoms with Crippen molar-refractivity contribution in [2.45, 2.75) is 52.9 Å². The van der Waals surface area contributed by atoms with Crippen LogP contribution in [0.5, 0.6) is 0 Å². The van der Waals surface area contributed by atoms with Gasteiger partial charge in [0, 0.05) is 26.6 Å². The summed E-state index contributed by atoms with van der Waals surface area (Å²) in [5, 5.41) is 0. The SMILES string of the molecule is CC/C=C/c1ccc(/N=C/C(CCCC)=N/c2ccc(/C=C/CC)cc2)cc1.[Pd]. The second kappa shape index (κ2) is 14.9. The summed E-state index contributed by atoms with van der Waals surface area (Å²) in [5.74, 6) is 0. The zero-order valence-corrected chi connectivity index (χ0v) is 19.3. The molecule has 0 heterocycles. The molecule has 0 unspecified atom stereocenters. The first-order valence-corrected chi connectivity index (χ1v) is 10.4. The molecule has 2 nitrogen and oxygen atoms in total. The van der Waals surface area contributed by atoms with Gasteiger partial charge in [0.2, 0.25) is 0 Å². The van der Waals surface area contributed by atoms with E-state index in [0.717, 1.165) is 49.2 Å². The van der Waals surface area contributed by atoms with Crippen molar-refractivity contribution >= 4 is 35.5 Å². The summed E-state index contributed by atoms with van der Waals surface area (Å²) in [6.45, 7) is 6.48. The van der Waals surface area contributed by atoms with Crippen LogP contribution in [0.3, 0.4) is 0 Å². The van der Waals surface area contributed by atoms with Crippen molar-refractivity contribution in [2.24, 2.45) is 9.98 Å². The van der Waals surface area contributed by atoms with Crippen molar-refractivity contribution in [1.29, 1.82) is 0 Å². The minimum absolute atomic E-state index is 0. The maximum absolute atomic E-state index is 4.82. The summed E-state index contributed by atoms with van der Waals surface area (Å²) >= 11 is 0. The number of nitrogens with zero attached hydrogens (tertiary/aromatic N) is 2. The third-order valence-electron chi connectivity index (χ3n) is 4.30. The smallest absolute Gasteiger partial charge is 0.0634 e. The largest absolute Gasteiger partial charge is 0.255 e.